The van der Waals surface area contributed by atoms with Crippen LogP contribution >= 0.6 is 0 Å². The van der Waals surface area contributed by atoms with Crippen LogP contribution in [-0.4, -0.2) is 11.6 Å². The van der Waals surface area contributed by atoms with Crippen LogP contribution in [0.4, 0.5) is 4.39 Å². The Morgan fingerprint density at radius 3 is 2.43 bits per heavy atom. The normalized spacial score (nSPS) is 21.4. The zero-order valence-corrected chi connectivity index (χ0v) is 12.1. The molecule has 1 aliphatic heterocycles. The van der Waals surface area contributed by atoms with E-state index in [0.717, 1.165) is 35.2 Å². The average Bonchev–Trinajstić information content (AvgIpc) is 2.99. The van der Waals surface area contributed by atoms with Gasteiger partial charge in [0.15, 0.2) is 0 Å². The second-order valence-corrected chi connectivity index (χ2v) is 5.50. The van der Waals surface area contributed by atoms with Gasteiger partial charge < -0.3 is 4.74 Å². The Labute approximate surface area is 124 Å². The molecule has 2 heterocycles. The van der Waals surface area contributed by atoms with Crippen LogP contribution in [0.2, 0.25) is 0 Å². The molecule has 0 spiro atoms. The predicted molar refractivity (Wildman–Crippen MR) is 81.3 cm³/mol. The number of hydrogen-bond donors (Lipinski definition) is 0. The third-order valence-corrected chi connectivity index (χ3v) is 4.00. The van der Waals surface area contributed by atoms with E-state index < -0.39 is 5.60 Å². The third-order valence-electron chi connectivity index (χ3n) is 4.00. The van der Waals surface area contributed by atoms with Crippen LogP contribution in [0, 0.1) is 5.82 Å². The van der Waals surface area contributed by atoms with Gasteiger partial charge in [0.05, 0.1) is 5.69 Å². The van der Waals surface area contributed by atoms with Gasteiger partial charge in [-0.3, -0.25) is 4.98 Å². The molecule has 1 saturated heterocycles. The highest BCUT2D eigenvalue weighted by atomic mass is 19.1. The number of allylic oxidation sites excluding steroid dienone is 1. The third kappa shape index (κ3) is 2.49. The van der Waals surface area contributed by atoms with Gasteiger partial charge >= 0.3 is 0 Å². The maximum Gasteiger partial charge on any atom is 0.123 e. The number of rotatable bonds is 3. The Hall–Kier alpha value is -2.00. The molecule has 1 atom stereocenters. The summed E-state index contributed by atoms with van der Waals surface area (Å²) in [6.07, 6.45) is 3.71. The fraction of sp³-hybridized carbons (Fsp3) is 0.278. The molecule has 0 N–H and O–H groups in total. The van der Waals surface area contributed by atoms with Gasteiger partial charge in [0, 0.05) is 18.4 Å². The van der Waals surface area contributed by atoms with Crippen molar-refractivity contribution in [1.82, 2.24) is 4.98 Å². The Bertz CT molecular complexity index is 640. The summed E-state index contributed by atoms with van der Waals surface area (Å²) >= 11 is 0. The zero-order valence-electron chi connectivity index (χ0n) is 12.1. The second kappa shape index (κ2) is 5.41. The molecule has 2 nitrogen and oxygen atoms in total. The standard InChI is InChI=1S/C18H18FNO/c1-13(2)17-9-6-15(12-20-17)18(10-3-11-21-18)14-4-7-16(19)8-5-14/h4-9,12H,1,3,10-11H2,2H3. The van der Waals surface area contributed by atoms with E-state index in [2.05, 4.69) is 11.6 Å². The van der Waals surface area contributed by atoms with Gasteiger partial charge in [-0.25, -0.2) is 4.39 Å². The van der Waals surface area contributed by atoms with E-state index >= 15 is 0 Å². The first kappa shape index (κ1) is 14.0. The van der Waals surface area contributed by atoms with Crippen LogP contribution in [-0.2, 0) is 10.3 Å². The molecule has 108 valence electrons. The van der Waals surface area contributed by atoms with E-state index in [0.29, 0.717) is 6.61 Å². The molecule has 21 heavy (non-hydrogen) atoms. The van der Waals surface area contributed by atoms with Crippen molar-refractivity contribution >= 4 is 5.57 Å². The molecule has 0 amide bonds. The number of pyridine rings is 1. The fourth-order valence-corrected chi connectivity index (χ4v) is 2.87. The van der Waals surface area contributed by atoms with Crippen LogP contribution in [0.1, 0.15) is 36.6 Å². The summed E-state index contributed by atoms with van der Waals surface area (Å²) in [6, 6.07) is 10.6. The molecule has 3 heteroatoms. The van der Waals surface area contributed by atoms with E-state index in [1.165, 1.54) is 12.1 Å². The van der Waals surface area contributed by atoms with Gasteiger partial charge in [0.25, 0.3) is 0 Å². The lowest BCUT2D eigenvalue weighted by Crippen LogP contribution is -2.26. The van der Waals surface area contributed by atoms with Gasteiger partial charge in [-0.15, -0.1) is 0 Å². The van der Waals surface area contributed by atoms with E-state index in [1.54, 1.807) is 12.1 Å². The highest BCUT2D eigenvalue weighted by Gasteiger charge is 2.39. The maximum absolute atomic E-state index is 13.2. The van der Waals surface area contributed by atoms with Crippen molar-refractivity contribution < 1.29 is 9.13 Å². The Morgan fingerprint density at radius 2 is 1.90 bits per heavy atom. The highest BCUT2D eigenvalue weighted by molar-refractivity contribution is 5.57. The number of benzene rings is 1. The van der Waals surface area contributed by atoms with E-state index in [4.69, 9.17) is 4.74 Å². The number of halogens is 1. The number of ether oxygens (including phenoxy) is 1. The van der Waals surface area contributed by atoms with Crippen molar-refractivity contribution in [3.63, 3.8) is 0 Å². The highest BCUT2D eigenvalue weighted by Crippen LogP contribution is 2.42. The number of nitrogens with zero attached hydrogens (tertiary/aromatic N) is 1. The van der Waals surface area contributed by atoms with E-state index in [-0.39, 0.29) is 5.82 Å². The van der Waals surface area contributed by atoms with Crippen LogP contribution < -0.4 is 0 Å². The summed E-state index contributed by atoms with van der Waals surface area (Å²) in [7, 11) is 0. The van der Waals surface area contributed by atoms with Crippen molar-refractivity contribution in [1.29, 1.82) is 0 Å². The summed E-state index contributed by atoms with van der Waals surface area (Å²) in [4.78, 5) is 4.46. The molecule has 1 aliphatic rings. The minimum Gasteiger partial charge on any atom is -0.365 e. The molecule has 2 aromatic rings. The summed E-state index contributed by atoms with van der Waals surface area (Å²) in [5.41, 5.74) is 3.30. The van der Waals surface area contributed by atoms with Crippen molar-refractivity contribution in [2.45, 2.75) is 25.4 Å². The van der Waals surface area contributed by atoms with Gasteiger partial charge in [-0.05, 0) is 49.1 Å². The van der Waals surface area contributed by atoms with E-state index in [1.807, 2.05) is 25.3 Å². The minimum atomic E-state index is -0.506. The molecule has 0 bridgehead atoms. The fourth-order valence-electron chi connectivity index (χ4n) is 2.87. The summed E-state index contributed by atoms with van der Waals surface area (Å²) in [5.74, 6) is -0.234. The average molecular weight is 283 g/mol. The van der Waals surface area contributed by atoms with E-state index in [9.17, 15) is 4.39 Å². The molecule has 0 saturated carbocycles. The maximum atomic E-state index is 13.2. The SMILES string of the molecule is C=C(C)c1ccc(C2(c3ccc(F)cc3)CCCO2)cn1. The Morgan fingerprint density at radius 1 is 1.19 bits per heavy atom. The number of aromatic nitrogens is 1. The lowest BCUT2D eigenvalue weighted by Gasteiger charge is -2.29. The quantitative estimate of drug-likeness (QED) is 0.837. The first-order chi connectivity index (χ1) is 10.1. The molecule has 1 fully saturated rings. The van der Waals surface area contributed by atoms with Crippen LogP contribution in [0.25, 0.3) is 5.57 Å². The molecule has 1 unspecified atom stereocenters. The molecule has 1 aromatic heterocycles. The Balaban J connectivity index is 2.04. The van der Waals surface area contributed by atoms with Crippen molar-refractivity contribution in [2.24, 2.45) is 0 Å². The topological polar surface area (TPSA) is 22.1 Å². The van der Waals surface area contributed by atoms with Gasteiger partial charge in [-0.2, -0.15) is 0 Å². The zero-order chi connectivity index (χ0) is 14.9. The number of hydrogen-bond acceptors (Lipinski definition) is 2. The molecule has 0 aliphatic carbocycles. The van der Waals surface area contributed by atoms with Crippen molar-refractivity contribution in [2.75, 3.05) is 6.61 Å². The molecule has 1 aromatic carbocycles. The summed E-state index contributed by atoms with van der Waals surface area (Å²) < 4.78 is 19.2. The van der Waals surface area contributed by atoms with Gasteiger partial charge in [0.1, 0.15) is 11.4 Å². The van der Waals surface area contributed by atoms with Crippen molar-refractivity contribution in [3.8, 4) is 0 Å². The molecule has 0 radical (unpaired) electrons. The first-order valence-electron chi connectivity index (χ1n) is 7.14. The molecule has 3 rings (SSSR count). The molecular weight excluding hydrogens is 265 g/mol. The van der Waals surface area contributed by atoms with Crippen LogP contribution in [0.15, 0.2) is 49.2 Å². The molecular formula is C18H18FNO. The van der Waals surface area contributed by atoms with Crippen LogP contribution in [0.3, 0.4) is 0 Å². The smallest absolute Gasteiger partial charge is 0.123 e. The Kier molecular flexibility index (Phi) is 3.60. The monoisotopic (exact) mass is 283 g/mol. The second-order valence-electron chi connectivity index (χ2n) is 5.50. The predicted octanol–water partition coefficient (Wildman–Crippen LogP) is 4.31. The first-order valence-corrected chi connectivity index (χ1v) is 7.14. The largest absolute Gasteiger partial charge is 0.365 e. The summed E-state index contributed by atoms with van der Waals surface area (Å²) in [5, 5.41) is 0. The van der Waals surface area contributed by atoms with Gasteiger partial charge in [0.2, 0.25) is 0 Å². The summed E-state index contributed by atoms with van der Waals surface area (Å²) in [6.45, 7) is 6.54. The van der Waals surface area contributed by atoms with Crippen LogP contribution in [0.5, 0.6) is 0 Å². The van der Waals surface area contributed by atoms with Crippen molar-refractivity contribution in [3.05, 3.63) is 71.8 Å². The lowest BCUT2D eigenvalue weighted by atomic mass is 9.84. The van der Waals surface area contributed by atoms with Gasteiger partial charge in [-0.1, -0.05) is 24.8 Å². The minimum absolute atomic E-state index is 0.234. The lowest BCUT2D eigenvalue weighted by molar-refractivity contribution is 0.0356.